The number of pyridine rings is 1. The number of likely N-dealkylation sites (N-methyl/N-ethyl adjacent to an activating group) is 1. The highest BCUT2D eigenvalue weighted by Crippen LogP contribution is 2.10. The van der Waals surface area contributed by atoms with Gasteiger partial charge < -0.3 is 10.0 Å². The second-order valence-electron chi connectivity index (χ2n) is 2.92. The molecule has 1 aromatic rings. The summed E-state index contributed by atoms with van der Waals surface area (Å²) in [7, 11) is 0. The summed E-state index contributed by atoms with van der Waals surface area (Å²) in [6.45, 7) is 2.32. The van der Waals surface area contributed by atoms with E-state index in [-0.39, 0.29) is 6.54 Å². The first-order valence-corrected chi connectivity index (χ1v) is 4.50. The van der Waals surface area contributed by atoms with Crippen molar-refractivity contribution in [1.29, 1.82) is 5.26 Å². The van der Waals surface area contributed by atoms with Gasteiger partial charge in [-0.05, 0) is 19.1 Å². The molecule has 1 N–H and O–H groups in total. The number of hydrogen-bond acceptors (Lipinski definition) is 4. The van der Waals surface area contributed by atoms with Gasteiger partial charge in [-0.3, -0.25) is 4.79 Å². The summed E-state index contributed by atoms with van der Waals surface area (Å²) >= 11 is 0. The molecule has 1 aromatic heterocycles. The molecule has 0 aliphatic heterocycles. The molecule has 0 bridgehead atoms. The monoisotopic (exact) mass is 205 g/mol. The number of aliphatic carboxylic acids is 1. The van der Waals surface area contributed by atoms with Crippen molar-refractivity contribution in [2.75, 3.05) is 18.0 Å². The van der Waals surface area contributed by atoms with Crippen LogP contribution in [0.25, 0.3) is 0 Å². The van der Waals surface area contributed by atoms with E-state index in [0.717, 1.165) is 0 Å². The van der Waals surface area contributed by atoms with Gasteiger partial charge in [0.05, 0.1) is 5.56 Å². The van der Waals surface area contributed by atoms with E-state index in [9.17, 15) is 4.79 Å². The summed E-state index contributed by atoms with van der Waals surface area (Å²) in [5.74, 6) is -0.332. The number of anilines is 1. The first-order chi connectivity index (χ1) is 7.17. The first-order valence-electron chi connectivity index (χ1n) is 4.50. The van der Waals surface area contributed by atoms with E-state index in [4.69, 9.17) is 10.4 Å². The number of nitriles is 1. The molecule has 15 heavy (non-hydrogen) atoms. The number of carboxylic acid groups (broad SMARTS) is 1. The summed E-state index contributed by atoms with van der Waals surface area (Å²) in [4.78, 5) is 16.2. The predicted octanol–water partition coefficient (Wildman–Crippen LogP) is 0.864. The molecule has 0 aliphatic rings. The van der Waals surface area contributed by atoms with Gasteiger partial charge in [0.25, 0.3) is 0 Å². The lowest BCUT2D eigenvalue weighted by molar-refractivity contribution is -0.135. The Kier molecular flexibility index (Phi) is 3.63. The minimum Gasteiger partial charge on any atom is -0.480 e. The third kappa shape index (κ3) is 2.95. The molecule has 1 rings (SSSR count). The van der Waals surface area contributed by atoms with Crippen LogP contribution in [0, 0.1) is 11.3 Å². The minimum absolute atomic E-state index is 0.0879. The normalized spacial score (nSPS) is 9.33. The molecule has 5 nitrogen and oxygen atoms in total. The molecule has 78 valence electrons. The van der Waals surface area contributed by atoms with Gasteiger partial charge in [-0.2, -0.15) is 5.26 Å². The molecule has 0 fully saturated rings. The molecule has 0 aromatic carbocycles. The van der Waals surface area contributed by atoms with Crippen molar-refractivity contribution in [1.82, 2.24) is 4.98 Å². The van der Waals surface area contributed by atoms with Gasteiger partial charge in [-0.1, -0.05) is 0 Å². The highest BCUT2D eigenvalue weighted by molar-refractivity contribution is 5.73. The van der Waals surface area contributed by atoms with E-state index >= 15 is 0 Å². The second-order valence-corrected chi connectivity index (χ2v) is 2.92. The maximum Gasteiger partial charge on any atom is 0.323 e. The van der Waals surface area contributed by atoms with Crippen molar-refractivity contribution in [2.24, 2.45) is 0 Å². The van der Waals surface area contributed by atoms with Gasteiger partial charge in [0.1, 0.15) is 18.4 Å². The third-order valence-electron chi connectivity index (χ3n) is 1.91. The lowest BCUT2D eigenvalue weighted by Gasteiger charge is -2.19. The molecule has 0 aliphatic carbocycles. The zero-order valence-corrected chi connectivity index (χ0v) is 8.34. The molecule has 0 amide bonds. The van der Waals surface area contributed by atoms with E-state index in [2.05, 4.69) is 4.98 Å². The Labute approximate surface area is 87.6 Å². The number of nitrogens with zero attached hydrogens (tertiary/aromatic N) is 3. The molecular formula is C10H11N3O2. The van der Waals surface area contributed by atoms with Crippen molar-refractivity contribution in [3.63, 3.8) is 0 Å². The Hall–Kier alpha value is -2.09. The van der Waals surface area contributed by atoms with Crippen LogP contribution in [-0.4, -0.2) is 29.1 Å². The van der Waals surface area contributed by atoms with Crippen LogP contribution in [0.4, 0.5) is 5.82 Å². The predicted molar refractivity (Wildman–Crippen MR) is 54.5 cm³/mol. The Bertz CT molecular complexity index is 381. The summed E-state index contributed by atoms with van der Waals surface area (Å²) in [5.41, 5.74) is 0.463. The Morgan fingerprint density at radius 2 is 2.40 bits per heavy atom. The van der Waals surface area contributed by atoms with Crippen molar-refractivity contribution in [3.05, 3.63) is 23.9 Å². The zero-order chi connectivity index (χ0) is 11.3. The molecule has 1 heterocycles. The average molecular weight is 205 g/mol. The molecule has 0 unspecified atom stereocenters. The maximum absolute atomic E-state index is 10.5. The SMILES string of the molecule is CCN(CC(=O)O)c1ccc(C#N)cn1. The van der Waals surface area contributed by atoms with Crippen molar-refractivity contribution >= 4 is 11.8 Å². The molecule has 5 heteroatoms. The zero-order valence-electron chi connectivity index (χ0n) is 8.34. The van der Waals surface area contributed by atoms with E-state index in [0.29, 0.717) is 17.9 Å². The van der Waals surface area contributed by atoms with Crippen LogP contribution in [0.1, 0.15) is 12.5 Å². The van der Waals surface area contributed by atoms with Crippen LogP contribution >= 0.6 is 0 Å². The first kappa shape index (κ1) is 11.0. The topological polar surface area (TPSA) is 77.2 Å². The van der Waals surface area contributed by atoms with E-state index in [1.165, 1.54) is 6.20 Å². The van der Waals surface area contributed by atoms with Gasteiger partial charge in [0, 0.05) is 12.7 Å². The Balaban J connectivity index is 2.84. The van der Waals surface area contributed by atoms with E-state index in [1.54, 1.807) is 17.0 Å². The highest BCUT2D eigenvalue weighted by atomic mass is 16.4. The van der Waals surface area contributed by atoms with Gasteiger partial charge >= 0.3 is 5.97 Å². The fraction of sp³-hybridized carbons (Fsp3) is 0.300. The van der Waals surface area contributed by atoms with Crippen LogP contribution in [0.2, 0.25) is 0 Å². The Morgan fingerprint density at radius 3 is 2.80 bits per heavy atom. The third-order valence-corrected chi connectivity index (χ3v) is 1.91. The maximum atomic E-state index is 10.5. The minimum atomic E-state index is -0.900. The van der Waals surface area contributed by atoms with Crippen LogP contribution < -0.4 is 4.90 Å². The fourth-order valence-electron chi connectivity index (χ4n) is 1.16. The molecule has 0 spiro atoms. The summed E-state index contributed by atoms with van der Waals surface area (Å²) in [6.07, 6.45) is 1.43. The summed E-state index contributed by atoms with van der Waals surface area (Å²) < 4.78 is 0. The van der Waals surface area contributed by atoms with Crippen LogP contribution in [0.15, 0.2) is 18.3 Å². The molecule has 0 saturated carbocycles. The van der Waals surface area contributed by atoms with Gasteiger partial charge in [0.15, 0.2) is 0 Å². The largest absolute Gasteiger partial charge is 0.480 e. The second kappa shape index (κ2) is 4.96. The standard InChI is InChI=1S/C10H11N3O2/c1-2-13(7-10(14)15)9-4-3-8(5-11)6-12-9/h3-4,6H,2,7H2,1H3,(H,14,15). The van der Waals surface area contributed by atoms with Crippen molar-refractivity contribution < 1.29 is 9.90 Å². The molecule has 0 saturated heterocycles. The molecule has 0 atom stereocenters. The highest BCUT2D eigenvalue weighted by Gasteiger charge is 2.09. The summed E-state index contributed by atoms with van der Waals surface area (Å²) in [6, 6.07) is 5.22. The van der Waals surface area contributed by atoms with Crippen LogP contribution in [0.3, 0.4) is 0 Å². The molecular weight excluding hydrogens is 194 g/mol. The number of carboxylic acids is 1. The molecule has 0 radical (unpaired) electrons. The average Bonchev–Trinajstić information content (AvgIpc) is 2.26. The van der Waals surface area contributed by atoms with Crippen LogP contribution in [0.5, 0.6) is 0 Å². The number of carbonyl (C=O) groups is 1. The Morgan fingerprint density at radius 1 is 1.67 bits per heavy atom. The number of hydrogen-bond donors (Lipinski definition) is 1. The van der Waals surface area contributed by atoms with Crippen LogP contribution in [-0.2, 0) is 4.79 Å². The van der Waals surface area contributed by atoms with Gasteiger partial charge in [-0.15, -0.1) is 0 Å². The van der Waals surface area contributed by atoms with Gasteiger partial charge in [0.2, 0.25) is 0 Å². The van der Waals surface area contributed by atoms with E-state index in [1.807, 2.05) is 13.0 Å². The van der Waals surface area contributed by atoms with Crippen molar-refractivity contribution in [2.45, 2.75) is 6.92 Å². The summed E-state index contributed by atoms with van der Waals surface area (Å²) in [5, 5.41) is 17.2. The number of aromatic nitrogens is 1. The van der Waals surface area contributed by atoms with Crippen molar-refractivity contribution in [3.8, 4) is 6.07 Å². The fourth-order valence-corrected chi connectivity index (χ4v) is 1.16. The lowest BCUT2D eigenvalue weighted by atomic mass is 10.3. The smallest absolute Gasteiger partial charge is 0.323 e. The number of rotatable bonds is 4. The van der Waals surface area contributed by atoms with Gasteiger partial charge in [-0.25, -0.2) is 4.98 Å². The van der Waals surface area contributed by atoms with E-state index < -0.39 is 5.97 Å². The lowest BCUT2D eigenvalue weighted by Crippen LogP contribution is -2.29. The quantitative estimate of drug-likeness (QED) is 0.788.